The average Bonchev–Trinajstić information content (AvgIpc) is 2.81. The SMILES string of the molecule is O=S(=O)(c1ccccc1)C(Cc1ccccc1)(Cc1ccccc1)c1ccccc1. The summed E-state index contributed by atoms with van der Waals surface area (Å²) in [5.41, 5.74) is 2.80. The zero-order valence-electron chi connectivity index (χ0n) is 16.7. The highest BCUT2D eigenvalue weighted by molar-refractivity contribution is 7.92. The molecule has 0 aliphatic carbocycles. The minimum absolute atomic E-state index is 0.348. The van der Waals surface area contributed by atoms with Gasteiger partial charge in [-0.25, -0.2) is 8.42 Å². The first kappa shape index (κ1) is 20.1. The maximum Gasteiger partial charge on any atom is 0.188 e. The lowest BCUT2D eigenvalue weighted by molar-refractivity contribution is 0.510. The van der Waals surface area contributed by atoms with Crippen LogP contribution in [-0.4, -0.2) is 8.42 Å². The highest BCUT2D eigenvalue weighted by Crippen LogP contribution is 2.41. The Kier molecular flexibility index (Phi) is 5.82. The van der Waals surface area contributed by atoms with E-state index in [0.29, 0.717) is 17.7 Å². The van der Waals surface area contributed by atoms with E-state index >= 15 is 0 Å². The Morgan fingerprint density at radius 2 is 0.867 bits per heavy atom. The second-order valence-corrected chi connectivity index (χ2v) is 9.76. The molecule has 0 bridgehead atoms. The van der Waals surface area contributed by atoms with Gasteiger partial charge in [0.2, 0.25) is 0 Å². The van der Waals surface area contributed by atoms with Gasteiger partial charge in [0, 0.05) is 0 Å². The lowest BCUT2D eigenvalue weighted by Crippen LogP contribution is -2.40. The molecule has 0 saturated heterocycles. The van der Waals surface area contributed by atoms with Gasteiger partial charge in [0.1, 0.15) is 4.75 Å². The van der Waals surface area contributed by atoms with Gasteiger partial charge in [-0.3, -0.25) is 0 Å². The fraction of sp³-hybridized carbons (Fsp3) is 0.111. The zero-order chi connectivity index (χ0) is 20.9. The van der Waals surface area contributed by atoms with Gasteiger partial charge in [0.25, 0.3) is 0 Å². The molecule has 0 atom stereocenters. The van der Waals surface area contributed by atoms with Crippen molar-refractivity contribution in [1.29, 1.82) is 0 Å². The number of benzene rings is 4. The monoisotopic (exact) mass is 412 g/mol. The number of rotatable bonds is 7. The molecule has 4 aromatic rings. The van der Waals surface area contributed by atoms with E-state index in [9.17, 15) is 8.42 Å². The molecule has 3 heteroatoms. The summed E-state index contributed by atoms with van der Waals surface area (Å²) in [6.07, 6.45) is 0.786. The molecule has 0 aromatic heterocycles. The molecular formula is C27H24O2S. The third kappa shape index (κ3) is 3.94. The molecule has 30 heavy (non-hydrogen) atoms. The van der Waals surface area contributed by atoms with E-state index in [4.69, 9.17) is 0 Å². The van der Waals surface area contributed by atoms with Gasteiger partial charge in [-0.1, -0.05) is 109 Å². The van der Waals surface area contributed by atoms with Gasteiger partial charge < -0.3 is 0 Å². The van der Waals surface area contributed by atoms with E-state index < -0.39 is 14.6 Å². The standard InChI is InChI=1S/C27H24O2S/c28-30(29,26-19-11-4-12-20-26)27(25-17-9-3-10-18-25,21-23-13-5-1-6-14-23)22-24-15-7-2-8-16-24/h1-20H,21-22H2. The van der Waals surface area contributed by atoms with Crippen LogP contribution in [0.3, 0.4) is 0 Å². The van der Waals surface area contributed by atoms with Crippen LogP contribution >= 0.6 is 0 Å². The van der Waals surface area contributed by atoms with Crippen molar-refractivity contribution in [3.05, 3.63) is 138 Å². The van der Waals surface area contributed by atoms with Gasteiger partial charge in [-0.2, -0.15) is 0 Å². The Balaban J connectivity index is 1.97. The zero-order valence-corrected chi connectivity index (χ0v) is 17.5. The van der Waals surface area contributed by atoms with Crippen molar-refractivity contribution in [2.45, 2.75) is 22.5 Å². The molecule has 2 nitrogen and oxygen atoms in total. The third-order valence-corrected chi connectivity index (χ3v) is 7.98. The molecule has 0 unspecified atom stereocenters. The summed E-state index contributed by atoms with van der Waals surface area (Å²) in [5, 5.41) is 0. The molecule has 4 rings (SSSR count). The molecule has 150 valence electrons. The minimum Gasteiger partial charge on any atom is -0.223 e. The van der Waals surface area contributed by atoms with Crippen LogP contribution in [0.1, 0.15) is 16.7 Å². The summed E-state index contributed by atoms with van der Waals surface area (Å²) in [5.74, 6) is 0. The Bertz CT molecular complexity index is 1130. The molecule has 0 heterocycles. The van der Waals surface area contributed by atoms with Gasteiger partial charge >= 0.3 is 0 Å². The lowest BCUT2D eigenvalue weighted by atomic mass is 9.85. The quantitative estimate of drug-likeness (QED) is 0.382. The summed E-state index contributed by atoms with van der Waals surface area (Å²) in [4.78, 5) is 0.348. The fourth-order valence-corrected chi connectivity index (χ4v) is 6.16. The second-order valence-electron chi connectivity index (χ2n) is 7.50. The first-order valence-electron chi connectivity index (χ1n) is 10.0. The smallest absolute Gasteiger partial charge is 0.188 e. The predicted octanol–water partition coefficient (Wildman–Crippen LogP) is 5.84. The highest BCUT2D eigenvalue weighted by Gasteiger charge is 2.46. The third-order valence-electron chi connectivity index (χ3n) is 5.53. The Morgan fingerprint density at radius 1 is 0.500 bits per heavy atom. The normalized spacial score (nSPS) is 11.9. The molecule has 0 fully saturated rings. The van der Waals surface area contributed by atoms with Crippen LogP contribution in [0.4, 0.5) is 0 Å². The molecule has 0 aliphatic rings. The van der Waals surface area contributed by atoms with Crippen LogP contribution in [0.15, 0.2) is 126 Å². The summed E-state index contributed by atoms with van der Waals surface area (Å²) in [7, 11) is -3.71. The van der Waals surface area contributed by atoms with Crippen molar-refractivity contribution in [2.75, 3.05) is 0 Å². The van der Waals surface area contributed by atoms with Crippen molar-refractivity contribution in [2.24, 2.45) is 0 Å². The highest BCUT2D eigenvalue weighted by atomic mass is 32.2. The minimum atomic E-state index is -3.71. The molecule has 0 amide bonds. The summed E-state index contributed by atoms with van der Waals surface area (Å²) in [6, 6.07) is 38.2. The van der Waals surface area contributed by atoms with Crippen molar-refractivity contribution in [1.82, 2.24) is 0 Å². The molecule has 0 N–H and O–H groups in total. The Hall–Kier alpha value is -3.17. The fourth-order valence-electron chi connectivity index (χ4n) is 4.03. The van der Waals surface area contributed by atoms with E-state index in [1.54, 1.807) is 24.3 Å². The van der Waals surface area contributed by atoms with Crippen LogP contribution in [0.2, 0.25) is 0 Å². The van der Waals surface area contributed by atoms with Crippen molar-refractivity contribution in [3.63, 3.8) is 0 Å². The predicted molar refractivity (Wildman–Crippen MR) is 122 cm³/mol. The lowest BCUT2D eigenvalue weighted by Gasteiger charge is -2.35. The summed E-state index contributed by atoms with van der Waals surface area (Å²) < 4.78 is 27.4. The van der Waals surface area contributed by atoms with Gasteiger partial charge in [-0.15, -0.1) is 0 Å². The van der Waals surface area contributed by atoms with Crippen LogP contribution in [-0.2, 0) is 27.4 Å². The van der Waals surface area contributed by atoms with Crippen molar-refractivity contribution in [3.8, 4) is 0 Å². The number of sulfone groups is 1. The van der Waals surface area contributed by atoms with E-state index in [2.05, 4.69) is 0 Å². The maximum atomic E-state index is 14.3. The van der Waals surface area contributed by atoms with Gasteiger partial charge in [-0.05, 0) is 41.7 Å². The van der Waals surface area contributed by atoms with E-state index in [-0.39, 0.29) is 0 Å². The van der Waals surface area contributed by atoms with Crippen LogP contribution in [0, 0.1) is 0 Å². The average molecular weight is 413 g/mol. The molecule has 0 radical (unpaired) electrons. The van der Waals surface area contributed by atoms with Crippen molar-refractivity contribution < 1.29 is 8.42 Å². The van der Waals surface area contributed by atoms with Crippen LogP contribution in [0.25, 0.3) is 0 Å². The van der Waals surface area contributed by atoms with E-state index in [1.165, 1.54) is 0 Å². The first-order chi connectivity index (χ1) is 14.6. The van der Waals surface area contributed by atoms with Crippen molar-refractivity contribution >= 4 is 9.84 Å². The molecule has 0 aliphatic heterocycles. The topological polar surface area (TPSA) is 34.1 Å². The molecular weight excluding hydrogens is 388 g/mol. The van der Waals surface area contributed by atoms with E-state index in [1.807, 2.05) is 97.1 Å². The molecule has 0 saturated carbocycles. The summed E-state index contributed by atoms with van der Waals surface area (Å²) in [6.45, 7) is 0. The second kappa shape index (κ2) is 8.68. The largest absolute Gasteiger partial charge is 0.223 e. The van der Waals surface area contributed by atoms with Gasteiger partial charge in [0.05, 0.1) is 4.90 Å². The van der Waals surface area contributed by atoms with Gasteiger partial charge in [0.15, 0.2) is 9.84 Å². The maximum absolute atomic E-state index is 14.3. The Morgan fingerprint density at radius 3 is 1.30 bits per heavy atom. The van der Waals surface area contributed by atoms with Crippen LogP contribution < -0.4 is 0 Å². The van der Waals surface area contributed by atoms with E-state index in [0.717, 1.165) is 16.7 Å². The summed E-state index contributed by atoms with van der Waals surface area (Å²) >= 11 is 0. The Labute approximate surface area is 178 Å². The van der Waals surface area contributed by atoms with Crippen LogP contribution in [0.5, 0.6) is 0 Å². The molecule has 0 spiro atoms. The first-order valence-corrected chi connectivity index (χ1v) is 11.5. The number of hydrogen-bond donors (Lipinski definition) is 0. The number of hydrogen-bond acceptors (Lipinski definition) is 2. The molecule has 4 aromatic carbocycles.